The zero-order valence-electron chi connectivity index (χ0n) is 11.6. The lowest BCUT2D eigenvalue weighted by atomic mass is 10.1. The van der Waals surface area contributed by atoms with Crippen LogP contribution in [0.3, 0.4) is 0 Å². The van der Waals surface area contributed by atoms with Crippen LogP contribution in [0.15, 0.2) is 23.1 Å². The monoisotopic (exact) mass is 282 g/mol. The molecule has 1 aliphatic rings. The van der Waals surface area contributed by atoms with Crippen molar-refractivity contribution in [3.05, 3.63) is 23.8 Å². The molecule has 1 aromatic carbocycles. The Balaban J connectivity index is 2.07. The molecule has 0 aliphatic carbocycles. The molecule has 0 fully saturated rings. The maximum absolute atomic E-state index is 12.1. The SMILES string of the molecule is CCCCCNS(=O)(=O)c1ccc2c(c1)C[C@@H](C)N2. The van der Waals surface area contributed by atoms with Crippen molar-refractivity contribution < 1.29 is 8.42 Å². The van der Waals surface area contributed by atoms with Gasteiger partial charge in [-0.15, -0.1) is 0 Å². The second kappa shape index (κ2) is 5.92. The van der Waals surface area contributed by atoms with E-state index in [1.807, 2.05) is 6.07 Å². The number of benzene rings is 1. The summed E-state index contributed by atoms with van der Waals surface area (Å²) in [6, 6.07) is 5.70. The van der Waals surface area contributed by atoms with Gasteiger partial charge < -0.3 is 5.32 Å². The maximum Gasteiger partial charge on any atom is 0.240 e. The van der Waals surface area contributed by atoms with Crippen LogP contribution in [0.5, 0.6) is 0 Å². The Bertz CT molecular complexity index is 540. The molecule has 1 aliphatic heterocycles. The predicted molar refractivity (Wildman–Crippen MR) is 77.9 cm³/mol. The maximum atomic E-state index is 12.1. The lowest BCUT2D eigenvalue weighted by molar-refractivity contribution is 0.576. The minimum Gasteiger partial charge on any atom is -0.382 e. The smallest absolute Gasteiger partial charge is 0.240 e. The molecule has 19 heavy (non-hydrogen) atoms. The Hall–Kier alpha value is -1.07. The second-order valence-electron chi connectivity index (χ2n) is 5.17. The summed E-state index contributed by atoms with van der Waals surface area (Å²) in [5, 5.41) is 3.32. The summed E-state index contributed by atoms with van der Waals surface area (Å²) in [5.41, 5.74) is 2.14. The molecule has 0 radical (unpaired) electrons. The second-order valence-corrected chi connectivity index (χ2v) is 6.94. The zero-order valence-corrected chi connectivity index (χ0v) is 12.4. The number of rotatable bonds is 6. The molecule has 0 saturated heterocycles. The van der Waals surface area contributed by atoms with Crippen LogP contribution in [0.25, 0.3) is 0 Å². The van der Waals surface area contributed by atoms with Gasteiger partial charge in [0, 0.05) is 18.3 Å². The van der Waals surface area contributed by atoms with Gasteiger partial charge in [-0.25, -0.2) is 13.1 Å². The molecule has 5 heteroatoms. The molecule has 4 nitrogen and oxygen atoms in total. The number of hydrogen-bond donors (Lipinski definition) is 2. The molecule has 0 bridgehead atoms. The van der Waals surface area contributed by atoms with Gasteiger partial charge in [0.1, 0.15) is 0 Å². The van der Waals surface area contributed by atoms with Crippen LogP contribution in [0.2, 0.25) is 0 Å². The summed E-state index contributed by atoms with van der Waals surface area (Å²) in [6.07, 6.45) is 3.91. The molecule has 0 aromatic heterocycles. The summed E-state index contributed by atoms with van der Waals surface area (Å²) in [6.45, 7) is 4.71. The van der Waals surface area contributed by atoms with Gasteiger partial charge in [0.05, 0.1) is 4.90 Å². The fraction of sp³-hybridized carbons (Fsp3) is 0.571. The van der Waals surface area contributed by atoms with E-state index < -0.39 is 10.0 Å². The van der Waals surface area contributed by atoms with Crippen molar-refractivity contribution in [2.24, 2.45) is 0 Å². The quantitative estimate of drug-likeness (QED) is 0.788. The molecule has 106 valence electrons. The number of hydrogen-bond acceptors (Lipinski definition) is 3. The first kappa shape index (κ1) is 14.3. The Morgan fingerprint density at radius 1 is 1.37 bits per heavy atom. The third kappa shape index (κ3) is 3.48. The van der Waals surface area contributed by atoms with Crippen molar-refractivity contribution in [1.29, 1.82) is 0 Å². The predicted octanol–water partition coefficient (Wildman–Crippen LogP) is 2.51. The summed E-state index contributed by atoms with van der Waals surface area (Å²) in [7, 11) is -3.36. The molecule has 1 atom stereocenters. The summed E-state index contributed by atoms with van der Waals surface area (Å²) in [5.74, 6) is 0. The largest absolute Gasteiger partial charge is 0.382 e. The average Bonchev–Trinajstić information content (AvgIpc) is 2.73. The zero-order chi connectivity index (χ0) is 13.9. The first-order chi connectivity index (χ1) is 9.03. The highest BCUT2D eigenvalue weighted by molar-refractivity contribution is 7.89. The van der Waals surface area contributed by atoms with Crippen LogP contribution < -0.4 is 10.0 Å². The third-order valence-electron chi connectivity index (χ3n) is 3.39. The van der Waals surface area contributed by atoms with Crippen LogP contribution in [0.4, 0.5) is 5.69 Å². The Labute approximate surface area is 115 Å². The van der Waals surface area contributed by atoms with Gasteiger partial charge in [0.15, 0.2) is 0 Å². The van der Waals surface area contributed by atoms with Gasteiger partial charge in [-0.3, -0.25) is 0 Å². The van der Waals surface area contributed by atoms with Gasteiger partial charge in [0.2, 0.25) is 10.0 Å². The molecule has 0 amide bonds. The first-order valence-electron chi connectivity index (χ1n) is 6.92. The molecule has 2 N–H and O–H groups in total. The van der Waals surface area contributed by atoms with E-state index in [4.69, 9.17) is 0 Å². The summed E-state index contributed by atoms with van der Waals surface area (Å²) in [4.78, 5) is 0.374. The number of sulfonamides is 1. The molecular weight excluding hydrogens is 260 g/mol. The minimum absolute atomic E-state index is 0.374. The van der Waals surface area contributed by atoms with Crippen molar-refractivity contribution in [3.63, 3.8) is 0 Å². The highest BCUT2D eigenvalue weighted by Gasteiger charge is 2.20. The van der Waals surface area contributed by atoms with E-state index in [2.05, 4.69) is 23.9 Å². The Morgan fingerprint density at radius 3 is 2.89 bits per heavy atom. The van der Waals surface area contributed by atoms with Crippen molar-refractivity contribution in [1.82, 2.24) is 4.72 Å². The van der Waals surface area contributed by atoms with Crippen molar-refractivity contribution >= 4 is 15.7 Å². The van der Waals surface area contributed by atoms with Gasteiger partial charge in [-0.2, -0.15) is 0 Å². The molecule has 2 rings (SSSR count). The van der Waals surface area contributed by atoms with E-state index in [-0.39, 0.29) is 0 Å². The van der Waals surface area contributed by atoms with Gasteiger partial charge in [0.25, 0.3) is 0 Å². The number of anilines is 1. The molecule has 0 spiro atoms. The Morgan fingerprint density at radius 2 is 2.16 bits per heavy atom. The molecule has 0 saturated carbocycles. The number of unbranched alkanes of at least 4 members (excludes halogenated alkanes) is 2. The first-order valence-corrected chi connectivity index (χ1v) is 8.40. The van der Waals surface area contributed by atoms with Gasteiger partial charge >= 0.3 is 0 Å². The molecule has 1 aromatic rings. The molecule has 1 heterocycles. The van der Waals surface area contributed by atoms with E-state index in [9.17, 15) is 8.42 Å². The average molecular weight is 282 g/mol. The van der Waals surface area contributed by atoms with Crippen molar-refractivity contribution in [2.75, 3.05) is 11.9 Å². The van der Waals surface area contributed by atoms with Gasteiger partial charge in [-0.05, 0) is 43.5 Å². The van der Waals surface area contributed by atoms with Crippen LogP contribution in [-0.4, -0.2) is 21.0 Å². The lowest BCUT2D eigenvalue weighted by Gasteiger charge is -2.08. The highest BCUT2D eigenvalue weighted by Crippen LogP contribution is 2.27. The number of fused-ring (bicyclic) bond motifs is 1. The number of nitrogens with one attached hydrogen (secondary N) is 2. The summed E-state index contributed by atoms with van der Waals surface area (Å²) < 4.78 is 27.0. The fourth-order valence-electron chi connectivity index (χ4n) is 2.36. The van der Waals surface area contributed by atoms with Crippen LogP contribution in [0, 0.1) is 0 Å². The van der Waals surface area contributed by atoms with E-state index >= 15 is 0 Å². The lowest BCUT2D eigenvalue weighted by Crippen LogP contribution is -2.24. The fourth-order valence-corrected chi connectivity index (χ4v) is 3.48. The third-order valence-corrected chi connectivity index (χ3v) is 4.85. The standard InChI is InChI=1S/C14H22N2O2S/c1-3-4-5-8-15-19(17,18)13-6-7-14-12(10-13)9-11(2)16-14/h6-7,10-11,15-16H,3-5,8-9H2,1-2H3/t11-/m1/s1. The van der Waals surface area contributed by atoms with Crippen LogP contribution in [0.1, 0.15) is 38.7 Å². The van der Waals surface area contributed by atoms with E-state index in [0.29, 0.717) is 17.5 Å². The highest BCUT2D eigenvalue weighted by atomic mass is 32.2. The normalized spacial score (nSPS) is 18.1. The Kier molecular flexibility index (Phi) is 4.47. The summed E-state index contributed by atoms with van der Waals surface area (Å²) >= 11 is 0. The molecular formula is C14H22N2O2S. The van der Waals surface area contributed by atoms with Crippen LogP contribution in [-0.2, 0) is 16.4 Å². The van der Waals surface area contributed by atoms with Gasteiger partial charge in [-0.1, -0.05) is 19.8 Å². The molecule has 0 unspecified atom stereocenters. The van der Waals surface area contributed by atoms with E-state index in [1.54, 1.807) is 12.1 Å². The van der Waals surface area contributed by atoms with E-state index in [0.717, 1.165) is 36.9 Å². The van der Waals surface area contributed by atoms with Crippen molar-refractivity contribution in [2.45, 2.75) is 50.5 Å². The minimum atomic E-state index is -3.36. The topological polar surface area (TPSA) is 58.2 Å². The van der Waals surface area contributed by atoms with Crippen LogP contribution >= 0.6 is 0 Å². The van der Waals surface area contributed by atoms with E-state index in [1.165, 1.54) is 0 Å². The van der Waals surface area contributed by atoms with Crippen molar-refractivity contribution in [3.8, 4) is 0 Å².